The Labute approximate surface area is 142 Å². The molecule has 3 N–H and O–H groups in total. The van der Waals surface area contributed by atoms with Crippen LogP contribution in [0.4, 0.5) is 18.9 Å². The lowest BCUT2D eigenvalue weighted by Crippen LogP contribution is -2.36. The summed E-state index contributed by atoms with van der Waals surface area (Å²) in [5, 5.41) is 4.96. The summed E-state index contributed by atoms with van der Waals surface area (Å²) in [6.07, 6.45) is 0.126. The number of aromatic nitrogens is 2. The van der Waals surface area contributed by atoms with E-state index in [-0.39, 0.29) is 11.6 Å². The molecule has 6 nitrogen and oxygen atoms in total. The highest BCUT2D eigenvalue weighted by Crippen LogP contribution is 2.40. The maximum absolute atomic E-state index is 13.5. The Balaban J connectivity index is 1.98. The molecule has 2 aromatic rings. The molecule has 2 heterocycles. The molecule has 0 aliphatic carbocycles. The first-order chi connectivity index (χ1) is 11.7. The number of nitrogens with zero attached hydrogens (tertiary/aromatic N) is 2. The number of primary sulfonamides is 1. The summed E-state index contributed by atoms with van der Waals surface area (Å²) < 4.78 is 63.2. The highest BCUT2D eigenvalue weighted by atomic mass is 32.2. The van der Waals surface area contributed by atoms with Crippen LogP contribution in [0.15, 0.2) is 35.5 Å². The van der Waals surface area contributed by atoms with Gasteiger partial charge >= 0.3 is 6.18 Å². The van der Waals surface area contributed by atoms with Crippen LogP contribution in [0.3, 0.4) is 0 Å². The Morgan fingerprint density at radius 3 is 2.68 bits per heavy atom. The largest absolute Gasteiger partial charge is 0.418 e. The van der Waals surface area contributed by atoms with E-state index in [2.05, 4.69) is 9.97 Å². The molecule has 1 atom stereocenters. The third-order valence-electron chi connectivity index (χ3n) is 4.27. The summed E-state index contributed by atoms with van der Waals surface area (Å²) >= 11 is 0. The molecular weight excluding hydrogens is 357 g/mol. The Bertz CT molecular complexity index is 850. The maximum Gasteiger partial charge on any atom is 0.418 e. The predicted molar refractivity (Wildman–Crippen MR) is 85.6 cm³/mol. The molecule has 1 aliphatic rings. The number of hydrogen-bond acceptors (Lipinski definition) is 4. The van der Waals surface area contributed by atoms with Crippen molar-refractivity contribution in [3.8, 4) is 0 Å². The molecule has 3 rings (SSSR count). The molecule has 1 unspecified atom stereocenters. The highest BCUT2D eigenvalue weighted by molar-refractivity contribution is 7.89. The molecule has 25 heavy (non-hydrogen) atoms. The van der Waals surface area contributed by atoms with Crippen LogP contribution < -0.4 is 10.0 Å². The zero-order valence-electron chi connectivity index (χ0n) is 13.1. The van der Waals surface area contributed by atoms with Gasteiger partial charge in [0, 0.05) is 37.1 Å². The van der Waals surface area contributed by atoms with Gasteiger partial charge in [-0.15, -0.1) is 0 Å². The SMILES string of the molecule is NS(=O)(=O)c1ccc(N2CCCC(c3ncc[nH]3)C2)c(C(F)(F)F)c1. The fourth-order valence-electron chi connectivity index (χ4n) is 3.11. The van der Waals surface area contributed by atoms with E-state index in [9.17, 15) is 21.6 Å². The molecule has 0 bridgehead atoms. The minimum Gasteiger partial charge on any atom is -0.370 e. The van der Waals surface area contributed by atoms with Crippen molar-refractivity contribution in [3.05, 3.63) is 42.0 Å². The van der Waals surface area contributed by atoms with Gasteiger partial charge in [0.1, 0.15) is 5.82 Å². The van der Waals surface area contributed by atoms with E-state index in [1.165, 1.54) is 6.07 Å². The quantitative estimate of drug-likeness (QED) is 0.863. The minimum atomic E-state index is -4.69. The van der Waals surface area contributed by atoms with Crippen LogP contribution in [-0.2, 0) is 16.2 Å². The van der Waals surface area contributed by atoms with Crippen molar-refractivity contribution in [2.24, 2.45) is 5.14 Å². The summed E-state index contributed by atoms with van der Waals surface area (Å²) in [4.78, 5) is 8.25. The van der Waals surface area contributed by atoms with Crippen LogP contribution in [0, 0.1) is 0 Å². The van der Waals surface area contributed by atoms with Gasteiger partial charge in [0.15, 0.2) is 0 Å². The van der Waals surface area contributed by atoms with Crippen LogP contribution >= 0.6 is 0 Å². The van der Waals surface area contributed by atoms with Crippen LogP contribution in [-0.4, -0.2) is 31.5 Å². The number of halogens is 3. The molecule has 1 aliphatic heterocycles. The van der Waals surface area contributed by atoms with Crippen LogP contribution in [0.5, 0.6) is 0 Å². The van der Waals surface area contributed by atoms with E-state index in [1.807, 2.05) is 0 Å². The van der Waals surface area contributed by atoms with Crippen LogP contribution in [0.25, 0.3) is 0 Å². The summed E-state index contributed by atoms with van der Waals surface area (Å²) in [7, 11) is -4.21. The van der Waals surface area contributed by atoms with E-state index in [4.69, 9.17) is 5.14 Å². The van der Waals surface area contributed by atoms with Gasteiger partial charge in [0.25, 0.3) is 0 Å². The first-order valence-corrected chi connectivity index (χ1v) is 9.19. The Kier molecular flexibility index (Phi) is 4.50. The average molecular weight is 374 g/mol. The van der Waals surface area contributed by atoms with E-state index in [0.29, 0.717) is 25.6 Å². The van der Waals surface area contributed by atoms with Crippen molar-refractivity contribution >= 4 is 15.7 Å². The lowest BCUT2D eigenvalue weighted by Gasteiger charge is -2.35. The molecule has 1 aromatic carbocycles. The Hall–Kier alpha value is -2.07. The number of nitrogens with one attached hydrogen (secondary N) is 1. The van der Waals surface area contributed by atoms with Crippen molar-refractivity contribution in [1.82, 2.24) is 9.97 Å². The third-order valence-corrected chi connectivity index (χ3v) is 5.18. The molecule has 0 radical (unpaired) electrons. The normalized spacial score (nSPS) is 19.2. The van der Waals surface area contributed by atoms with E-state index < -0.39 is 26.7 Å². The van der Waals surface area contributed by atoms with E-state index >= 15 is 0 Å². The zero-order chi connectivity index (χ0) is 18.2. The fraction of sp³-hybridized carbons (Fsp3) is 0.400. The van der Waals surface area contributed by atoms with Gasteiger partial charge in [-0.2, -0.15) is 13.2 Å². The molecule has 1 fully saturated rings. The number of hydrogen-bond donors (Lipinski definition) is 2. The van der Waals surface area contributed by atoms with Gasteiger partial charge in [0.05, 0.1) is 10.5 Å². The summed E-state index contributed by atoms with van der Waals surface area (Å²) in [6, 6.07) is 2.88. The summed E-state index contributed by atoms with van der Waals surface area (Å²) in [6.45, 7) is 0.820. The summed E-state index contributed by atoms with van der Waals surface area (Å²) in [5.74, 6) is 0.724. The van der Waals surface area contributed by atoms with Gasteiger partial charge < -0.3 is 9.88 Å². The van der Waals surface area contributed by atoms with Crippen LogP contribution in [0.2, 0.25) is 0 Å². The first-order valence-electron chi connectivity index (χ1n) is 7.64. The van der Waals surface area contributed by atoms with Crippen molar-refractivity contribution in [2.45, 2.75) is 29.8 Å². The predicted octanol–water partition coefficient (Wildman–Crippen LogP) is 2.46. The number of H-pyrrole nitrogens is 1. The van der Waals surface area contributed by atoms with Gasteiger partial charge in [-0.3, -0.25) is 0 Å². The number of sulfonamides is 1. The van der Waals surface area contributed by atoms with Crippen molar-refractivity contribution in [1.29, 1.82) is 0 Å². The number of anilines is 1. The molecule has 0 saturated carbocycles. The van der Waals surface area contributed by atoms with Crippen molar-refractivity contribution in [2.75, 3.05) is 18.0 Å². The second-order valence-corrected chi connectivity index (χ2v) is 7.54. The number of nitrogens with two attached hydrogens (primary N) is 1. The molecule has 0 spiro atoms. The molecular formula is C15H17F3N4O2S. The lowest BCUT2D eigenvalue weighted by molar-refractivity contribution is -0.137. The second kappa shape index (κ2) is 6.34. The van der Waals surface area contributed by atoms with Gasteiger partial charge in [0.2, 0.25) is 10.0 Å². The summed E-state index contributed by atoms with van der Waals surface area (Å²) in [5.41, 5.74) is -1.05. The standard InChI is InChI=1S/C15H17F3N4O2S/c16-15(17,18)12-8-11(25(19,23)24)3-4-13(12)22-7-1-2-10(9-22)14-20-5-6-21-14/h3-6,8,10H,1-2,7,9H2,(H,20,21)(H2,19,23,24). The molecule has 136 valence electrons. The monoisotopic (exact) mass is 374 g/mol. The minimum absolute atomic E-state index is 0.0113. The average Bonchev–Trinajstić information content (AvgIpc) is 3.07. The number of piperidine rings is 1. The van der Waals surface area contributed by atoms with Gasteiger partial charge in [-0.05, 0) is 31.0 Å². The third kappa shape index (κ3) is 3.79. The smallest absolute Gasteiger partial charge is 0.370 e. The maximum atomic E-state index is 13.5. The first kappa shape index (κ1) is 17.7. The Morgan fingerprint density at radius 1 is 1.32 bits per heavy atom. The van der Waals surface area contributed by atoms with Crippen LogP contribution in [0.1, 0.15) is 30.1 Å². The molecule has 10 heteroatoms. The lowest BCUT2D eigenvalue weighted by atomic mass is 9.96. The number of alkyl halides is 3. The topological polar surface area (TPSA) is 92.1 Å². The van der Waals surface area contributed by atoms with Crippen molar-refractivity contribution in [3.63, 3.8) is 0 Å². The second-order valence-electron chi connectivity index (χ2n) is 5.98. The number of benzene rings is 1. The fourth-order valence-corrected chi connectivity index (χ4v) is 3.65. The zero-order valence-corrected chi connectivity index (χ0v) is 13.9. The number of aromatic amines is 1. The number of imidazole rings is 1. The molecule has 0 amide bonds. The highest BCUT2D eigenvalue weighted by Gasteiger charge is 2.37. The Morgan fingerprint density at radius 2 is 2.08 bits per heavy atom. The molecule has 1 aromatic heterocycles. The molecule has 1 saturated heterocycles. The van der Waals surface area contributed by atoms with E-state index in [0.717, 1.165) is 18.3 Å². The van der Waals surface area contributed by atoms with E-state index in [1.54, 1.807) is 17.3 Å². The number of rotatable bonds is 3. The van der Waals surface area contributed by atoms with Gasteiger partial charge in [-0.1, -0.05) is 0 Å². The van der Waals surface area contributed by atoms with Crippen molar-refractivity contribution < 1.29 is 21.6 Å². The van der Waals surface area contributed by atoms with Gasteiger partial charge in [-0.25, -0.2) is 18.5 Å².